The molecule has 1 aliphatic heterocycles. The Bertz CT molecular complexity index is 1150. The smallest absolute Gasteiger partial charge is 0.271 e. The first-order valence-corrected chi connectivity index (χ1v) is 8.52. The van der Waals surface area contributed by atoms with Crippen molar-refractivity contribution in [2.45, 2.75) is 6.54 Å². The van der Waals surface area contributed by atoms with E-state index in [2.05, 4.69) is 5.32 Å². The van der Waals surface area contributed by atoms with Crippen molar-refractivity contribution >= 4 is 29.1 Å². The second-order valence-electron chi connectivity index (χ2n) is 6.30. The third-order valence-corrected chi connectivity index (χ3v) is 4.44. The zero-order valence-corrected chi connectivity index (χ0v) is 14.8. The molecule has 1 aliphatic rings. The van der Waals surface area contributed by atoms with Crippen LogP contribution in [-0.4, -0.2) is 27.5 Å². The topological polar surface area (TPSA) is 123 Å². The molecule has 144 valence electrons. The number of hydrogen-bond donors (Lipinski definition) is 1. The molecule has 3 amide bonds. The Kier molecular flexibility index (Phi) is 4.40. The third-order valence-electron chi connectivity index (χ3n) is 4.44. The van der Waals surface area contributed by atoms with Crippen LogP contribution < -0.4 is 5.32 Å². The number of amides is 3. The number of carbonyl (C=O) groups is 3. The van der Waals surface area contributed by atoms with Gasteiger partial charge in [0.05, 0.1) is 28.9 Å². The van der Waals surface area contributed by atoms with Crippen molar-refractivity contribution in [3.63, 3.8) is 0 Å². The van der Waals surface area contributed by atoms with Gasteiger partial charge in [-0.3, -0.25) is 29.4 Å². The van der Waals surface area contributed by atoms with Gasteiger partial charge in [0.15, 0.2) is 0 Å². The molecule has 29 heavy (non-hydrogen) atoms. The van der Waals surface area contributed by atoms with Crippen molar-refractivity contribution in [1.82, 2.24) is 4.90 Å². The maximum atomic E-state index is 12.6. The number of carbonyl (C=O) groups excluding carboxylic acids is 3. The molecule has 2 aromatic carbocycles. The highest BCUT2D eigenvalue weighted by Gasteiger charge is 2.36. The molecule has 0 unspecified atom stereocenters. The molecule has 0 spiro atoms. The molecule has 0 bridgehead atoms. The minimum atomic E-state index is -0.567. The van der Waals surface area contributed by atoms with Gasteiger partial charge < -0.3 is 9.73 Å². The van der Waals surface area contributed by atoms with Crippen LogP contribution >= 0.6 is 0 Å². The molecule has 0 radical (unpaired) electrons. The Balaban J connectivity index is 1.56. The van der Waals surface area contributed by atoms with Crippen molar-refractivity contribution in [3.05, 3.63) is 93.4 Å². The van der Waals surface area contributed by atoms with Gasteiger partial charge in [0.2, 0.25) is 0 Å². The molecule has 1 N–H and O–H groups in total. The lowest BCUT2D eigenvalue weighted by Gasteiger charge is -2.11. The van der Waals surface area contributed by atoms with Crippen LogP contribution in [0.25, 0.3) is 0 Å². The molecule has 2 heterocycles. The summed E-state index contributed by atoms with van der Waals surface area (Å²) in [7, 11) is 0. The fourth-order valence-electron chi connectivity index (χ4n) is 3.03. The van der Waals surface area contributed by atoms with Gasteiger partial charge in [-0.2, -0.15) is 0 Å². The maximum Gasteiger partial charge on any atom is 0.271 e. The van der Waals surface area contributed by atoms with Crippen LogP contribution in [0.15, 0.2) is 65.3 Å². The Labute approximate surface area is 163 Å². The molecule has 3 aromatic rings. The molecule has 0 fully saturated rings. The molecule has 0 saturated heterocycles. The normalized spacial score (nSPS) is 12.8. The second-order valence-corrected chi connectivity index (χ2v) is 6.30. The van der Waals surface area contributed by atoms with Crippen molar-refractivity contribution in [2.75, 3.05) is 5.32 Å². The Morgan fingerprint density at radius 3 is 2.55 bits per heavy atom. The lowest BCUT2D eigenvalue weighted by molar-refractivity contribution is -0.384. The summed E-state index contributed by atoms with van der Waals surface area (Å²) < 4.78 is 5.19. The summed E-state index contributed by atoms with van der Waals surface area (Å²) in [6.45, 7) is -0.00540. The highest BCUT2D eigenvalue weighted by molar-refractivity contribution is 6.22. The van der Waals surface area contributed by atoms with Crippen LogP contribution in [0.4, 0.5) is 11.4 Å². The van der Waals surface area contributed by atoms with Crippen LogP contribution in [-0.2, 0) is 6.54 Å². The van der Waals surface area contributed by atoms with Gasteiger partial charge in [-0.15, -0.1) is 0 Å². The number of furan rings is 1. The summed E-state index contributed by atoms with van der Waals surface area (Å²) in [5.74, 6) is -1.08. The van der Waals surface area contributed by atoms with Gasteiger partial charge >= 0.3 is 0 Å². The van der Waals surface area contributed by atoms with E-state index in [1.165, 1.54) is 48.7 Å². The van der Waals surface area contributed by atoms with E-state index in [0.29, 0.717) is 5.76 Å². The van der Waals surface area contributed by atoms with E-state index in [1.807, 2.05) is 0 Å². The quantitative estimate of drug-likeness (QED) is 0.405. The highest BCUT2D eigenvalue weighted by Crippen LogP contribution is 2.26. The number of hydrogen-bond acceptors (Lipinski definition) is 6. The number of non-ortho nitro benzene ring substituents is 1. The molecule has 0 aliphatic carbocycles. The molecule has 1 aromatic heterocycles. The molecule has 0 saturated carbocycles. The van der Waals surface area contributed by atoms with Crippen molar-refractivity contribution < 1.29 is 23.7 Å². The van der Waals surface area contributed by atoms with E-state index in [-0.39, 0.29) is 34.6 Å². The average Bonchev–Trinajstić information content (AvgIpc) is 3.31. The van der Waals surface area contributed by atoms with Gasteiger partial charge in [-0.25, -0.2) is 0 Å². The van der Waals surface area contributed by atoms with Crippen LogP contribution in [0.3, 0.4) is 0 Å². The first kappa shape index (κ1) is 18.1. The number of anilines is 1. The Morgan fingerprint density at radius 1 is 1.03 bits per heavy atom. The predicted molar refractivity (Wildman–Crippen MR) is 100 cm³/mol. The standard InChI is InChI=1S/C20H13N3O6/c24-18(21-13-3-1-4-14(10-13)23(27)28)12-6-7-16-17(9-12)20(26)22(19(16)25)11-15-5-2-8-29-15/h1-10H,11H2,(H,21,24). The maximum absolute atomic E-state index is 12.6. The van der Waals surface area contributed by atoms with Gasteiger partial charge in [-0.1, -0.05) is 6.07 Å². The van der Waals surface area contributed by atoms with Gasteiger partial charge in [0.1, 0.15) is 5.76 Å². The zero-order chi connectivity index (χ0) is 20.5. The van der Waals surface area contributed by atoms with Crippen LogP contribution in [0.1, 0.15) is 36.8 Å². The van der Waals surface area contributed by atoms with Gasteiger partial charge in [0, 0.05) is 23.4 Å². The fraction of sp³-hybridized carbons (Fsp3) is 0.0500. The number of nitrogens with one attached hydrogen (secondary N) is 1. The minimum Gasteiger partial charge on any atom is -0.467 e. The third kappa shape index (κ3) is 3.36. The lowest BCUT2D eigenvalue weighted by atomic mass is 10.1. The van der Waals surface area contributed by atoms with Crippen molar-refractivity contribution in [3.8, 4) is 0 Å². The number of imide groups is 1. The average molecular weight is 391 g/mol. The first-order chi connectivity index (χ1) is 13.9. The van der Waals surface area contributed by atoms with Gasteiger partial charge in [0.25, 0.3) is 23.4 Å². The fourth-order valence-corrected chi connectivity index (χ4v) is 3.03. The second kappa shape index (κ2) is 7.04. The number of nitrogens with zero attached hydrogens (tertiary/aromatic N) is 2. The van der Waals surface area contributed by atoms with Crippen LogP contribution in [0, 0.1) is 10.1 Å². The lowest BCUT2D eigenvalue weighted by Crippen LogP contribution is -2.28. The first-order valence-electron chi connectivity index (χ1n) is 8.52. The van der Waals surface area contributed by atoms with Gasteiger partial charge in [-0.05, 0) is 36.4 Å². The predicted octanol–water partition coefficient (Wildman–Crippen LogP) is 3.24. The Hall–Kier alpha value is -4.27. The Morgan fingerprint density at radius 2 is 1.83 bits per heavy atom. The number of nitro benzene ring substituents is 1. The molecular weight excluding hydrogens is 378 g/mol. The van der Waals surface area contributed by atoms with E-state index in [9.17, 15) is 24.5 Å². The number of nitro groups is 1. The van der Waals surface area contributed by atoms with E-state index in [0.717, 1.165) is 4.90 Å². The van der Waals surface area contributed by atoms with E-state index in [4.69, 9.17) is 4.42 Å². The summed E-state index contributed by atoms with van der Waals surface area (Å²) in [6.07, 6.45) is 1.45. The van der Waals surface area contributed by atoms with Crippen LogP contribution in [0.2, 0.25) is 0 Å². The molecule has 4 rings (SSSR count). The van der Waals surface area contributed by atoms with E-state index < -0.39 is 22.6 Å². The number of fused-ring (bicyclic) bond motifs is 1. The summed E-state index contributed by atoms with van der Waals surface area (Å²) in [6, 6.07) is 13.0. The number of rotatable bonds is 5. The minimum absolute atomic E-state index is 0.00540. The summed E-state index contributed by atoms with van der Waals surface area (Å²) in [4.78, 5) is 49.0. The number of benzene rings is 2. The molecule has 9 heteroatoms. The SMILES string of the molecule is O=C(Nc1cccc([N+](=O)[O-])c1)c1ccc2c(c1)C(=O)N(Cc1ccco1)C2=O. The van der Waals surface area contributed by atoms with Crippen molar-refractivity contribution in [1.29, 1.82) is 0 Å². The highest BCUT2D eigenvalue weighted by atomic mass is 16.6. The summed E-state index contributed by atoms with van der Waals surface area (Å²) in [5.41, 5.74) is 0.551. The molecule has 9 nitrogen and oxygen atoms in total. The zero-order valence-electron chi connectivity index (χ0n) is 14.8. The van der Waals surface area contributed by atoms with E-state index >= 15 is 0 Å². The summed E-state index contributed by atoms with van der Waals surface area (Å²) >= 11 is 0. The molecular formula is C20H13N3O6. The largest absolute Gasteiger partial charge is 0.467 e. The van der Waals surface area contributed by atoms with E-state index in [1.54, 1.807) is 12.1 Å². The molecule has 0 atom stereocenters. The monoisotopic (exact) mass is 391 g/mol. The summed E-state index contributed by atoms with van der Waals surface area (Å²) in [5, 5.41) is 13.4. The van der Waals surface area contributed by atoms with Crippen LogP contribution in [0.5, 0.6) is 0 Å². The van der Waals surface area contributed by atoms with Crippen molar-refractivity contribution in [2.24, 2.45) is 0 Å².